The van der Waals surface area contributed by atoms with Gasteiger partial charge in [0.15, 0.2) is 5.78 Å². The maximum atomic E-state index is 12.1. The summed E-state index contributed by atoms with van der Waals surface area (Å²) in [5.74, 6) is -0.216. The van der Waals surface area contributed by atoms with Crippen molar-refractivity contribution in [2.75, 3.05) is 0 Å². The molecule has 0 saturated carbocycles. The molecule has 1 atom stereocenters. The third kappa shape index (κ3) is 3.46. The lowest BCUT2D eigenvalue weighted by Gasteiger charge is -2.13. The summed E-state index contributed by atoms with van der Waals surface area (Å²) in [6.07, 6.45) is 0. The molecule has 1 aromatic heterocycles. The van der Waals surface area contributed by atoms with Gasteiger partial charge < -0.3 is 5.32 Å². The monoisotopic (exact) mass is 307 g/mol. The fraction of sp³-hybridized carbons (Fsp3) is 0.200. The summed E-state index contributed by atoms with van der Waals surface area (Å²) in [5, 5.41) is 3.53. The predicted octanol–water partition coefficient (Wildman–Crippen LogP) is 4.10. The number of Topliss-reactive ketones (excluding diaryl/α,β-unsaturated/α-hetero) is 1. The van der Waals surface area contributed by atoms with Gasteiger partial charge in [-0.3, -0.25) is 9.59 Å². The van der Waals surface area contributed by atoms with Gasteiger partial charge in [0, 0.05) is 5.02 Å². The van der Waals surface area contributed by atoms with E-state index in [1.165, 1.54) is 18.3 Å². The first-order valence-corrected chi connectivity index (χ1v) is 7.34. The van der Waals surface area contributed by atoms with Crippen LogP contribution in [0.3, 0.4) is 0 Å². The smallest absolute Gasteiger partial charge is 0.261 e. The van der Waals surface area contributed by atoms with E-state index in [-0.39, 0.29) is 17.7 Å². The van der Waals surface area contributed by atoms with Crippen molar-refractivity contribution >= 4 is 34.6 Å². The highest BCUT2D eigenvalue weighted by atomic mass is 35.5. The lowest BCUT2D eigenvalue weighted by molar-refractivity contribution is 0.0943. The number of ketones is 1. The van der Waals surface area contributed by atoms with Crippen molar-refractivity contribution in [1.82, 2.24) is 5.32 Å². The van der Waals surface area contributed by atoms with Crippen LogP contribution in [0.25, 0.3) is 0 Å². The molecular formula is C15H14ClNO2S. The van der Waals surface area contributed by atoms with Gasteiger partial charge in [0.25, 0.3) is 5.91 Å². The number of benzene rings is 1. The van der Waals surface area contributed by atoms with Crippen molar-refractivity contribution in [2.45, 2.75) is 19.9 Å². The van der Waals surface area contributed by atoms with E-state index in [4.69, 9.17) is 11.6 Å². The van der Waals surface area contributed by atoms with Gasteiger partial charge in [-0.05, 0) is 43.7 Å². The Kier molecular flexibility index (Phi) is 4.57. The van der Waals surface area contributed by atoms with Gasteiger partial charge in [-0.2, -0.15) is 0 Å². The second-order valence-electron chi connectivity index (χ2n) is 4.47. The van der Waals surface area contributed by atoms with E-state index in [1.807, 2.05) is 25.1 Å². The Labute approximate surface area is 126 Å². The largest absolute Gasteiger partial charge is 0.345 e. The summed E-state index contributed by atoms with van der Waals surface area (Å²) in [6.45, 7) is 3.38. The van der Waals surface area contributed by atoms with Gasteiger partial charge >= 0.3 is 0 Å². The molecule has 0 aliphatic carbocycles. The van der Waals surface area contributed by atoms with Crippen molar-refractivity contribution in [2.24, 2.45) is 0 Å². The molecule has 0 spiro atoms. The Bertz CT molecular complexity index is 651. The first-order valence-electron chi connectivity index (χ1n) is 6.14. The average molecular weight is 308 g/mol. The first kappa shape index (κ1) is 14.8. The Morgan fingerprint density at radius 2 is 1.90 bits per heavy atom. The molecule has 0 bridgehead atoms. The molecular weight excluding hydrogens is 294 g/mol. The van der Waals surface area contributed by atoms with Crippen molar-refractivity contribution in [3.8, 4) is 0 Å². The third-order valence-corrected chi connectivity index (χ3v) is 4.29. The highest BCUT2D eigenvalue weighted by Gasteiger charge is 2.14. The molecule has 2 aromatic rings. The van der Waals surface area contributed by atoms with E-state index in [9.17, 15) is 9.59 Å². The summed E-state index contributed by atoms with van der Waals surface area (Å²) in [6, 6.07) is 10.6. The van der Waals surface area contributed by atoms with E-state index >= 15 is 0 Å². The zero-order chi connectivity index (χ0) is 14.7. The molecule has 1 N–H and O–H groups in total. The van der Waals surface area contributed by atoms with Gasteiger partial charge in [-0.15, -0.1) is 11.3 Å². The molecule has 5 heteroatoms. The Morgan fingerprint density at radius 1 is 1.20 bits per heavy atom. The van der Waals surface area contributed by atoms with Crippen molar-refractivity contribution in [3.05, 3.63) is 56.7 Å². The minimum atomic E-state index is -0.185. The zero-order valence-corrected chi connectivity index (χ0v) is 12.7. The maximum Gasteiger partial charge on any atom is 0.261 e. The molecule has 3 nitrogen and oxygen atoms in total. The fourth-order valence-corrected chi connectivity index (χ4v) is 2.78. The molecule has 1 heterocycles. The minimum Gasteiger partial charge on any atom is -0.345 e. The number of hydrogen-bond acceptors (Lipinski definition) is 3. The minimum absolute atomic E-state index is 0.0306. The van der Waals surface area contributed by atoms with Crippen molar-refractivity contribution in [1.29, 1.82) is 0 Å². The van der Waals surface area contributed by atoms with Crippen LogP contribution in [0.4, 0.5) is 0 Å². The summed E-state index contributed by atoms with van der Waals surface area (Å²) in [5.41, 5.74) is 0.939. The van der Waals surface area contributed by atoms with Crippen LogP contribution in [0.5, 0.6) is 0 Å². The molecule has 0 unspecified atom stereocenters. The SMILES string of the molecule is CC(=O)c1ccc(C(=O)N[C@H](C)c2cccc(Cl)c2)s1. The van der Waals surface area contributed by atoms with Crippen LogP contribution in [-0.2, 0) is 0 Å². The molecule has 0 radical (unpaired) electrons. The normalized spacial score (nSPS) is 11.9. The lowest BCUT2D eigenvalue weighted by atomic mass is 10.1. The van der Waals surface area contributed by atoms with Crippen LogP contribution in [-0.4, -0.2) is 11.7 Å². The number of nitrogens with one attached hydrogen (secondary N) is 1. The van der Waals surface area contributed by atoms with Crippen LogP contribution in [0.2, 0.25) is 5.02 Å². The molecule has 1 amide bonds. The number of amides is 1. The van der Waals surface area contributed by atoms with Gasteiger partial charge in [0.1, 0.15) is 0 Å². The second kappa shape index (κ2) is 6.20. The van der Waals surface area contributed by atoms with Crippen molar-refractivity contribution in [3.63, 3.8) is 0 Å². The summed E-state index contributed by atoms with van der Waals surface area (Å²) < 4.78 is 0. The van der Waals surface area contributed by atoms with E-state index in [1.54, 1.807) is 18.2 Å². The fourth-order valence-electron chi connectivity index (χ4n) is 1.78. The number of carbonyl (C=O) groups is 2. The first-order chi connectivity index (χ1) is 9.47. The maximum absolute atomic E-state index is 12.1. The number of hydrogen-bond donors (Lipinski definition) is 1. The molecule has 104 valence electrons. The summed E-state index contributed by atoms with van der Waals surface area (Å²) >= 11 is 7.13. The zero-order valence-electron chi connectivity index (χ0n) is 11.1. The number of rotatable bonds is 4. The van der Waals surface area contributed by atoms with Crippen molar-refractivity contribution < 1.29 is 9.59 Å². The number of halogens is 1. The van der Waals surface area contributed by atoms with Gasteiger partial charge in [-0.25, -0.2) is 0 Å². The molecule has 0 aliphatic heterocycles. The lowest BCUT2D eigenvalue weighted by Crippen LogP contribution is -2.25. The van der Waals surface area contributed by atoms with Crippen LogP contribution in [0.1, 0.15) is 44.8 Å². The van der Waals surface area contributed by atoms with Crippen LogP contribution in [0, 0.1) is 0 Å². The highest BCUT2D eigenvalue weighted by molar-refractivity contribution is 7.15. The summed E-state index contributed by atoms with van der Waals surface area (Å²) in [7, 11) is 0. The molecule has 0 saturated heterocycles. The average Bonchev–Trinajstić information content (AvgIpc) is 2.88. The van der Waals surface area contributed by atoms with Crippen LogP contribution < -0.4 is 5.32 Å². The van der Waals surface area contributed by atoms with Gasteiger partial charge in [0.05, 0.1) is 15.8 Å². The molecule has 0 fully saturated rings. The standard InChI is InChI=1S/C15H14ClNO2S/c1-9(11-4-3-5-12(16)8-11)17-15(19)14-7-6-13(20-14)10(2)18/h3-9H,1-2H3,(H,17,19)/t9-/m1/s1. The summed E-state index contributed by atoms with van der Waals surface area (Å²) in [4.78, 5) is 24.5. The van der Waals surface area contributed by atoms with E-state index in [0.717, 1.165) is 5.56 Å². The van der Waals surface area contributed by atoms with Gasteiger partial charge in [0.2, 0.25) is 0 Å². The highest BCUT2D eigenvalue weighted by Crippen LogP contribution is 2.20. The molecule has 20 heavy (non-hydrogen) atoms. The second-order valence-corrected chi connectivity index (χ2v) is 5.99. The topological polar surface area (TPSA) is 46.2 Å². The predicted molar refractivity (Wildman–Crippen MR) is 81.7 cm³/mol. The quantitative estimate of drug-likeness (QED) is 0.865. The number of thiophene rings is 1. The van der Waals surface area contributed by atoms with Gasteiger partial charge in [-0.1, -0.05) is 23.7 Å². The van der Waals surface area contributed by atoms with Crippen LogP contribution in [0.15, 0.2) is 36.4 Å². The Morgan fingerprint density at radius 3 is 2.50 bits per heavy atom. The van der Waals surface area contributed by atoms with E-state index < -0.39 is 0 Å². The molecule has 2 rings (SSSR count). The molecule has 1 aromatic carbocycles. The Hall–Kier alpha value is -1.65. The van der Waals surface area contributed by atoms with Crippen LogP contribution >= 0.6 is 22.9 Å². The molecule has 0 aliphatic rings. The third-order valence-electron chi connectivity index (χ3n) is 2.87. The number of carbonyl (C=O) groups excluding carboxylic acids is 2. The van der Waals surface area contributed by atoms with E-state index in [0.29, 0.717) is 14.8 Å². The Balaban J connectivity index is 2.08. The van der Waals surface area contributed by atoms with E-state index in [2.05, 4.69) is 5.32 Å².